The van der Waals surface area contributed by atoms with Gasteiger partial charge in [0.2, 0.25) is 0 Å². The highest BCUT2D eigenvalue weighted by molar-refractivity contribution is 6.15. The molecule has 0 heterocycles. The fourth-order valence-electron chi connectivity index (χ4n) is 11.3. The third-order valence-corrected chi connectivity index (χ3v) is 16.1. The lowest BCUT2D eigenvalue weighted by atomic mass is 9.98. The van der Waals surface area contributed by atoms with Crippen LogP contribution in [0.2, 0.25) is 0 Å². The second kappa shape index (κ2) is 50.8. The molecule has 0 saturated heterocycles. The fraction of sp³-hybridized carbons (Fsp3) is 0.812. The normalized spacial score (nSPS) is 11.5. The van der Waals surface area contributed by atoms with Gasteiger partial charge in [-0.1, -0.05) is 334 Å². The van der Waals surface area contributed by atoms with E-state index in [1.54, 1.807) is 0 Å². The molecule has 2 aromatic carbocycles. The van der Waals surface area contributed by atoms with Crippen LogP contribution in [0.1, 0.15) is 352 Å². The molecular formula is C69H124N2O. The molecule has 0 unspecified atom stereocenters. The molecule has 0 aliphatic carbocycles. The summed E-state index contributed by atoms with van der Waals surface area (Å²) in [5.74, 6) is 0.213. The Morgan fingerprint density at radius 2 is 0.417 bits per heavy atom. The number of benzene rings is 2. The lowest BCUT2D eigenvalue weighted by Gasteiger charge is -2.29. The molecular weight excluding hydrogens is 873 g/mol. The van der Waals surface area contributed by atoms with Crippen molar-refractivity contribution in [3.63, 3.8) is 0 Å². The Morgan fingerprint density at radius 1 is 0.250 bits per heavy atom. The molecule has 0 atom stereocenters. The Bertz CT molecular complexity index is 1270. The van der Waals surface area contributed by atoms with Gasteiger partial charge in [0.1, 0.15) is 0 Å². The number of rotatable bonds is 56. The largest absolute Gasteiger partial charge is 0.371 e. The monoisotopic (exact) mass is 997 g/mol. The van der Waals surface area contributed by atoms with E-state index in [-0.39, 0.29) is 5.78 Å². The minimum atomic E-state index is 0.213. The van der Waals surface area contributed by atoms with Crippen molar-refractivity contribution in [3.05, 3.63) is 59.7 Å². The molecule has 0 fully saturated rings. The number of para-hydroxylation sites is 2. The van der Waals surface area contributed by atoms with Crippen LogP contribution >= 0.6 is 0 Å². The zero-order valence-corrected chi connectivity index (χ0v) is 49.2. The van der Waals surface area contributed by atoms with Crippen LogP contribution in [0.4, 0.5) is 11.4 Å². The predicted octanol–water partition coefficient (Wildman–Crippen LogP) is 23.3. The van der Waals surface area contributed by atoms with E-state index in [0.717, 1.165) is 48.7 Å². The van der Waals surface area contributed by atoms with Crippen molar-refractivity contribution < 1.29 is 4.79 Å². The summed E-state index contributed by atoms with van der Waals surface area (Å²) in [7, 11) is 0. The van der Waals surface area contributed by atoms with Crippen molar-refractivity contribution in [2.24, 2.45) is 0 Å². The van der Waals surface area contributed by atoms with Gasteiger partial charge in [0.25, 0.3) is 0 Å². The standard InChI is InChI=1S/C69H124N2O/c1-5-9-13-17-21-25-29-33-37-41-45-53-61-70(62-54-46-42-38-34-30-26-22-18-14-10-6-2)67-59-51-49-57-65(67)69(72)66-58-50-52-60-68(66)71(63-55-47-43-39-35-31-27-23-19-15-11-7-3)64-56-48-44-40-36-32-28-24-20-16-12-8-4/h49-52,57-60H,5-48,53-56,61-64H2,1-4H3. The minimum absolute atomic E-state index is 0.213. The van der Waals surface area contributed by atoms with Gasteiger partial charge in [0.15, 0.2) is 5.78 Å². The lowest BCUT2D eigenvalue weighted by molar-refractivity contribution is 0.103. The maximum atomic E-state index is 15.1. The molecule has 0 spiro atoms. The Morgan fingerprint density at radius 3 is 0.611 bits per heavy atom. The number of nitrogens with zero attached hydrogens (tertiary/aromatic N) is 2. The van der Waals surface area contributed by atoms with Gasteiger partial charge in [-0.25, -0.2) is 0 Å². The number of unbranched alkanes of at least 4 members (excludes halogenated alkanes) is 44. The maximum Gasteiger partial charge on any atom is 0.197 e. The van der Waals surface area contributed by atoms with Crippen molar-refractivity contribution in [2.75, 3.05) is 36.0 Å². The molecule has 0 saturated carbocycles. The molecule has 0 radical (unpaired) electrons. The Balaban J connectivity index is 2.11. The van der Waals surface area contributed by atoms with Gasteiger partial charge in [0, 0.05) is 48.7 Å². The van der Waals surface area contributed by atoms with Crippen LogP contribution in [0.15, 0.2) is 48.5 Å². The van der Waals surface area contributed by atoms with E-state index in [9.17, 15) is 0 Å². The minimum Gasteiger partial charge on any atom is -0.371 e. The van der Waals surface area contributed by atoms with Crippen molar-refractivity contribution in [2.45, 2.75) is 336 Å². The average Bonchev–Trinajstić information content (AvgIpc) is 3.40. The van der Waals surface area contributed by atoms with Crippen molar-refractivity contribution in [1.82, 2.24) is 0 Å². The Hall–Kier alpha value is -2.29. The third kappa shape index (κ3) is 35.8. The predicted molar refractivity (Wildman–Crippen MR) is 325 cm³/mol. The molecule has 3 heteroatoms. The van der Waals surface area contributed by atoms with Gasteiger partial charge in [0.05, 0.1) is 0 Å². The van der Waals surface area contributed by atoms with Gasteiger partial charge in [-0.3, -0.25) is 4.79 Å². The first kappa shape index (κ1) is 65.8. The van der Waals surface area contributed by atoms with E-state index < -0.39 is 0 Å². The van der Waals surface area contributed by atoms with E-state index in [0.29, 0.717) is 0 Å². The van der Waals surface area contributed by atoms with Gasteiger partial charge < -0.3 is 9.80 Å². The second-order valence-electron chi connectivity index (χ2n) is 22.9. The SMILES string of the molecule is CCCCCCCCCCCCCCN(CCCCCCCCCCCCCC)c1ccccc1C(=O)c1ccccc1N(CCCCCCCCCCCCCC)CCCCCCCCCCCCCC. The zero-order valence-electron chi connectivity index (χ0n) is 49.2. The van der Waals surface area contributed by atoms with E-state index in [1.165, 1.54) is 308 Å². The fourth-order valence-corrected chi connectivity index (χ4v) is 11.3. The van der Waals surface area contributed by atoms with E-state index in [1.807, 2.05) is 0 Å². The Kier molecular flexibility index (Phi) is 46.5. The van der Waals surface area contributed by atoms with Crippen LogP contribution in [0.25, 0.3) is 0 Å². The van der Waals surface area contributed by atoms with Crippen molar-refractivity contribution in [3.8, 4) is 0 Å². The first-order valence-electron chi connectivity index (χ1n) is 32.9. The quantitative estimate of drug-likeness (QED) is 0.0487. The summed E-state index contributed by atoms with van der Waals surface area (Å²) in [4.78, 5) is 20.4. The average molecular weight is 998 g/mol. The molecule has 0 aliphatic heterocycles. The summed E-state index contributed by atoms with van der Waals surface area (Å²) in [6.07, 6.45) is 65.7. The highest BCUT2D eigenvalue weighted by atomic mass is 16.1. The van der Waals surface area contributed by atoms with Gasteiger partial charge in [-0.15, -0.1) is 0 Å². The van der Waals surface area contributed by atoms with Crippen LogP contribution in [-0.4, -0.2) is 32.0 Å². The zero-order chi connectivity index (χ0) is 51.5. The number of hydrogen-bond acceptors (Lipinski definition) is 3. The van der Waals surface area contributed by atoms with Crippen LogP contribution < -0.4 is 9.80 Å². The molecule has 0 aromatic heterocycles. The van der Waals surface area contributed by atoms with Crippen LogP contribution in [0.5, 0.6) is 0 Å². The molecule has 0 aliphatic rings. The molecule has 2 rings (SSSR count). The smallest absolute Gasteiger partial charge is 0.197 e. The molecule has 2 aromatic rings. The van der Waals surface area contributed by atoms with Gasteiger partial charge in [-0.05, 0) is 49.9 Å². The summed E-state index contributed by atoms with van der Waals surface area (Å²) in [5.41, 5.74) is 4.13. The first-order chi connectivity index (χ1) is 35.7. The topological polar surface area (TPSA) is 23.6 Å². The van der Waals surface area contributed by atoms with Crippen LogP contribution in [0, 0.1) is 0 Å². The molecule has 416 valence electrons. The third-order valence-electron chi connectivity index (χ3n) is 16.1. The molecule has 0 amide bonds. The van der Waals surface area contributed by atoms with Gasteiger partial charge >= 0.3 is 0 Å². The molecule has 3 nitrogen and oxygen atoms in total. The summed E-state index contributed by atoms with van der Waals surface area (Å²) in [6, 6.07) is 17.4. The lowest BCUT2D eigenvalue weighted by Crippen LogP contribution is -2.29. The van der Waals surface area contributed by atoms with E-state index >= 15 is 4.79 Å². The number of hydrogen-bond donors (Lipinski definition) is 0. The number of carbonyl (C=O) groups excluding carboxylic acids is 1. The molecule has 72 heavy (non-hydrogen) atoms. The highest BCUT2D eigenvalue weighted by Gasteiger charge is 2.22. The maximum absolute atomic E-state index is 15.1. The van der Waals surface area contributed by atoms with Crippen molar-refractivity contribution >= 4 is 17.2 Å². The molecule has 0 bridgehead atoms. The number of ketones is 1. The summed E-state index contributed by atoms with van der Waals surface area (Å²) in [5, 5.41) is 0. The molecule has 0 N–H and O–H groups in total. The highest BCUT2D eigenvalue weighted by Crippen LogP contribution is 2.30. The second-order valence-corrected chi connectivity index (χ2v) is 22.9. The summed E-state index contributed by atoms with van der Waals surface area (Å²) in [6.45, 7) is 13.4. The van der Waals surface area contributed by atoms with Crippen LogP contribution in [-0.2, 0) is 0 Å². The van der Waals surface area contributed by atoms with Crippen molar-refractivity contribution in [1.29, 1.82) is 0 Å². The summed E-state index contributed by atoms with van der Waals surface area (Å²) >= 11 is 0. The summed E-state index contributed by atoms with van der Waals surface area (Å²) < 4.78 is 0. The first-order valence-corrected chi connectivity index (χ1v) is 32.9. The van der Waals surface area contributed by atoms with Crippen LogP contribution in [0.3, 0.4) is 0 Å². The number of carbonyl (C=O) groups is 1. The van der Waals surface area contributed by atoms with E-state index in [4.69, 9.17) is 0 Å². The van der Waals surface area contributed by atoms with E-state index in [2.05, 4.69) is 86.0 Å². The van der Waals surface area contributed by atoms with Gasteiger partial charge in [-0.2, -0.15) is 0 Å². The number of anilines is 2. The Labute approximate surface area is 451 Å².